The molecule has 0 aliphatic carbocycles. The number of halogens is 1. The van der Waals surface area contributed by atoms with Crippen LogP contribution in [0.3, 0.4) is 0 Å². The smallest absolute Gasteiger partial charge is 0.150 e. The molecule has 2 heterocycles. The zero-order valence-electron chi connectivity index (χ0n) is 12.6. The first kappa shape index (κ1) is 15.0. The van der Waals surface area contributed by atoms with Gasteiger partial charge >= 0.3 is 0 Å². The van der Waals surface area contributed by atoms with Crippen molar-refractivity contribution < 1.29 is 13.7 Å². The van der Waals surface area contributed by atoms with E-state index in [4.69, 9.17) is 9.26 Å². The maximum absolute atomic E-state index is 14.2. The monoisotopic (exact) mass is 305 g/mol. The highest BCUT2D eigenvalue weighted by Gasteiger charge is 2.15. The van der Waals surface area contributed by atoms with Crippen LogP contribution in [0.15, 0.2) is 28.8 Å². The van der Waals surface area contributed by atoms with Gasteiger partial charge in [0.1, 0.15) is 5.82 Å². The van der Waals surface area contributed by atoms with Crippen molar-refractivity contribution in [1.29, 1.82) is 0 Å². The minimum absolute atomic E-state index is 0.184. The summed E-state index contributed by atoms with van der Waals surface area (Å²) in [5.74, 6) is 0.597. The summed E-state index contributed by atoms with van der Waals surface area (Å²) in [5, 5.41) is 7.05. The molecule has 118 valence electrons. The van der Waals surface area contributed by atoms with Crippen LogP contribution >= 0.6 is 0 Å². The number of nitrogens with one attached hydrogen (secondary N) is 1. The normalized spacial score (nSPS) is 15.3. The van der Waals surface area contributed by atoms with Crippen LogP contribution in [0.1, 0.15) is 17.0 Å². The molecule has 1 saturated heterocycles. The molecule has 0 saturated carbocycles. The van der Waals surface area contributed by atoms with E-state index in [1.54, 1.807) is 6.07 Å². The summed E-state index contributed by atoms with van der Waals surface area (Å²) in [6, 6.07) is 7.27. The van der Waals surface area contributed by atoms with E-state index in [1.807, 2.05) is 30.0 Å². The molecule has 5 nitrogen and oxygen atoms in total. The molecule has 3 rings (SSSR count). The van der Waals surface area contributed by atoms with Gasteiger partial charge < -0.3 is 19.5 Å². The zero-order valence-corrected chi connectivity index (χ0v) is 12.6. The van der Waals surface area contributed by atoms with Gasteiger partial charge in [-0.2, -0.15) is 0 Å². The Morgan fingerprint density at radius 1 is 1.23 bits per heavy atom. The molecule has 0 spiro atoms. The second-order valence-electron chi connectivity index (χ2n) is 5.42. The van der Waals surface area contributed by atoms with E-state index in [0.717, 1.165) is 30.1 Å². The Hall–Kier alpha value is -1.92. The number of anilines is 1. The van der Waals surface area contributed by atoms with Crippen LogP contribution in [0.2, 0.25) is 0 Å². The Morgan fingerprint density at radius 2 is 2.05 bits per heavy atom. The zero-order chi connectivity index (χ0) is 15.4. The minimum Gasteiger partial charge on any atom is -0.378 e. The van der Waals surface area contributed by atoms with Crippen molar-refractivity contribution in [2.45, 2.75) is 20.0 Å². The molecule has 1 aromatic heterocycles. The Morgan fingerprint density at radius 3 is 2.73 bits per heavy atom. The van der Waals surface area contributed by atoms with Crippen molar-refractivity contribution in [3.05, 3.63) is 47.1 Å². The third-order valence-electron chi connectivity index (χ3n) is 3.67. The molecule has 1 aromatic carbocycles. The number of ether oxygens (including phenoxy) is 1. The molecule has 2 aromatic rings. The van der Waals surface area contributed by atoms with E-state index in [1.165, 1.54) is 0 Å². The predicted molar refractivity (Wildman–Crippen MR) is 81.2 cm³/mol. The molecule has 6 heteroatoms. The minimum atomic E-state index is -0.184. The Balaban J connectivity index is 1.57. The van der Waals surface area contributed by atoms with Gasteiger partial charge in [0, 0.05) is 25.7 Å². The van der Waals surface area contributed by atoms with Crippen LogP contribution in [-0.2, 0) is 17.8 Å². The number of aryl methyl sites for hydroxylation is 1. The first-order valence-corrected chi connectivity index (χ1v) is 7.46. The van der Waals surface area contributed by atoms with Crippen molar-refractivity contribution in [1.82, 2.24) is 10.5 Å². The van der Waals surface area contributed by atoms with Crippen LogP contribution < -0.4 is 10.2 Å². The molecule has 1 aliphatic rings. The molecule has 22 heavy (non-hydrogen) atoms. The first-order chi connectivity index (χ1) is 10.7. The molecule has 0 unspecified atom stereocenters. The number of aromatic nitrogens is 1. The maximum atomic E-state index is 14.2. The fraction of sp³-hybridized carbons (Fsp3) is 0.438. The number of hydrogen-bond acceptors (Lipinski definition) is 5. The average molecular weight is 305 g/mol. The van der Waals surface area contributed by atoms with Gasteiger partial charge in [0.2, 0.25) is 0 Å². The molecular formula is C16H20FN3O2. The number of nitrogens with zero attached hydrogens (tertiary/aromatic N) is 2. The van der Waals surface area contributed by atoms with Gasteiger partial charge in [0.05, 0.1) is 31.1 Å². The predicted octanol–water partition coefficient (Wildman–Crippen LogP) is 2.25. The first-order valence-electron chi connectivity index (χ1n) is 7.46. The highest BCUT2D eigenvalue weighted by molar-refractivity contribution is 5.49. The summed E-state index contributed by atoms with van der Waals surface area (Å²) in [7, 11) is 0. The van der Waals surface area contributed by atoms with Crippen molar-refractivity contribution >= 4 is 5.69 Å². The van der Waals surface area contributed by atoms with Crippen LogP contribution in [0.4, 0.5) is 10.1 Å². The lowest BCUT2D eigenvalue weighted by Crippen LogP contribution is -2.36. The SMILES string of the molecule is Cc1cc(CNCc2ccc(N3CCOCC3)c(F)c2)on1. The molecule has 1 aliphatic heterocycles. The summed E-state index contributed by atoms with van der Waals surface area (Å²) in [6.45, 7) is 5.82. The van der Waals surface area contributed by atoms with Gasteiger partial charge in [0.15, 0.2) is 5.76 Å². The van der Waals surface area contributed by atoms with Crippen LogP contribution in [0.25, 0.3) is 0 Å². The Bertz CT molecular complexity index is 624. The summed E-state index contributed by atoms with van der Waals surface area (Å²) < 4.78 is 24.7. The Labute approximate surface area is 129 Å². The number of benzene rings is 1. The fourth-order valence-electron chi connectivity index (χ4n) is 2.55. The van der Waals surface area contributed by atoms with Gasteiger partial charge in [0.25, 0.3) is 0 Å². The van der Waals surface area contributed by atoms with E-state index in [0.29, 0.717) is 32.0 Å². The van der Waals surface area contributed by atoms with Gasteiger partial charge in [-0.25, -0.2) is 4.39 Å². The van der Waals surface area contributed by atoms with Crippen LogP contribution in [-0.4, -0.2) is 31.5 Å². The molecule has 1 N–H and O–H groups in total. The maximum Gasteiger partial charge on any atom is 0.150 e. The average Bonchev–Trinajstić information content (AvgIpc) is 2.94. The lowest BCUT2D eigenvalue weighted by Gasteiger charge is -2.29. The number of morpholine rings is 1. The molecule has 0 atom stereocenters. The number of rotatable bonds is 5. The standard InChI is InChI=1S/C16H20FN3O2/c1-12-8-14(22-19-12)11-18-10-13-2-3-16(15(17)9-13)20-4-6-21-7-5-20/h2-3,8-9,18H,4-7,10-11H2,1H3. The van der Waals surface area contributed by atoms with Crippen LogP contribution in [0, 0.1) is 12.7 Å². The van der Waals surface area contributed by atoms with Crippen molar-refractivity contribution in [3.8, 4) is 0 Å². The third kappa shape index (κ3) is 3.64. The fourth-order valence-corrected chi connectivity index (χ4v) is 2.55. The van der Waals surface area contributed by atoms with E-state index in [9.17, 15) is 4.39 Å². The van der Waals surface area contributed by atoms with Crippen molar-refractivity contribution in [2.24, 2.45) is 0 Å². The largest absolute Gasteiger partial charge is 0.378 e. The summed E-state index contributed by atoms with van der Waals surface area (Å²) in [4.78, 5) is 2.02. The lowest BCUT2D eigenvalue weighted by molar-refractivity contribution is 0.122. The highest BCUT2D eigenvalue weighted by Crippen LogP contribution is 2.21. The van der Waals surface area contributed by atoms with Crippen molar-refractivity contribution in [3.63, 3.8) is 0 Å². The molecule has 1 fully saturated rings. The summed E-state index contributed by atoms with van der Waals surface area (Å²) >= 11 is 0. The van der Waals surface area contributed by atoms with E-state index < -0.39 is 0 Å². The lowest BCUT2D eigenvalue weighted by atomic mass is 10.1. The topological polar surface area (TPSA) is 50.5 Å². The molecule has 0 bridgehead atoms. The van der Waals surface area contributed by atoms with E-state index in [2.05, 4.69) is 10.5 Å². The second-order valence-corrected chi connectivity index (χ2v) is 5.42. The molecular weight excluding hydrogens is 285 g/mol. The van der Waals surface area contributed by atoms with Crippen LogP contribution in [0.5, 0.6) is 0 Å². The van der Waals surface area contributed by atoms with Crippen molar-refractivity contribution in [2.75, 3.05) is 31.2 Å². The number of hydrogen-bond donors (Lipinski definition) is 1. The summed E-state index contributed by atoms with van der Waals surface area (Å²) in [6.07, 6.45) is 0. The highest BCUT2D eigenvalue weighted by atomic mass is 19.1. The molecule has 0 radical (unpaired) electrons. The van der Waals surface area contributed by atoms with Gasteiger partial charge in [-0.15, -0.1) is 0 Å². The molecule has 0 amide bonds. The van der Waals surface area contributed by atoms with E-state index >= 15 is 0 Å². The summed E-state index contributed by atoms with van der Waals surface area (Å²) in [5.41, 5.74) is 2.42. The Kier molecular flexibility index (Phi) is 4.70. The third-order valence-corrected chi connectivity index (χ3v) is 3.67. The van der Waals surface area contributed by atoms with E-state index in [-0.39, 0.29) is 5.82 Å². The van der Waals surface area contributed by atoms with Gasteiger partial charge in [-0.1, -0.05) is 11.2 Å². The van der Waals surface area contributed by atoms with Gasteiger partial charge in [-0.3, -0.25) is 0 Å². The van der Waals surface area contributed by atoms with Gasteiger partial charge in [-0.05, 0) is 24.6 Å². The second kappa shape index (κ2) is 6.89. The quantitative estimate of drug-likeness (QED) is 0.918.